The fourth-order valence-corrected chi connectivity index (χ4v) is 2.60. The minimum absolute atomic E-state index is 0.228. The average Bonchev–Trinajstić information content (AvgIpc) is 2.66. The van der Waals surface area contributed by atoms with Crippen molar-refractivity contribution in [3.63, 3.8) is 0 Å². The van der Waals surface area contributed by atoms with Gasteiger partial charge >= 0.3 is 12.2 Å². The Labute approximate surface area is 185 Å². The Balaban J connectivity index is 0.00000233. The Kier molecular flexibility index (Phi) is 9.27. The summed E-state index contributed by atoms with van der Waals surface area (Å²) in [7, 11) is 1.52. The number of rotatable bonds is 3. The summed E-state index contributed by atoms with van der Waals surface area (Å²) in [5, 5.41) is 10.8. The number of methoxy groups -OCH3 is 1. The highest BCUT2D eigenvalue weighted by Gasteiger charge is 2.25. The van der Waals surface area contributed by atoms with Gasteiger partial charge in [0.2, 0.25) is 0 Å². The van der Waals surface area contributed by atoms with Crippen LogP contribution in [-0.4, -0.2) is 58.7 Å². The second kappa shape index (κ2) is 11.0. The lowest BCUT2D eigenvalue weighted by Crippen LogP contribution is -2.39. The van der Waals surface area contributed by atoms with E-state index in [0.29, 0.717) is 31.0 Å². The number of aromatic nitrogens is 2. The predicted molar refractivity (Wildman–Crippen MR) is 120 cm³/mol. The van der Waals surface area contributed by atoms with E-state index >= 15 is 0 Å². The Bertz CT molecular complexity index is 794. The van der Waals surface area contributed by atoms with E-state index in [1.54, 1.807) is 31.7 Å². The van der Waals surface area contributed by atoms with Crippen LogP contribution in [0.2, 0.25) is 0 Å². The highest BCUT2D eigenvalue weighted by atomic mass is 16.6. The molecule has 0 aliphatic carbocycles. The van der Waals surface area contributed by atoms with E-state index in [1.165, 1.54) is 7.11 Å². The van der Waals surface area contributed by atoms with Crippen LogP contribution in [0.5, 0.6) is 5.75 Å². The molecule has 9 nitrogen and oxygen atoms in total. The normalized spacial score (nSPS) is 14.0. The molecular formula is C22H36N4O5. The molecule has 1 aliphatic rings. The van der Waals surface area contributed by atoms with Crippen LogP contribution in [-0.2, 0) is 9.47 Å². The maximum absolute atomic E-state index is 12.2. The first-order valence-electron chi connectivity index (χ1n) is 10.5. The Morgan fingerprint density at radius 3 is 2.13 bits per heavy atom. The van der Waals surface area contributed by atoms with Gasteiger partial charge in [-0.2, -0.15) is 0 Å². The van der Waals surface area contributed by atoms with Gasteiger partial charge in [0.05, 0.1) is 7.11 Å². The number of carbonyl (C=O) groups excluding carboxylic acids is 2. The van der Waals surface area contributed by atoms with E-state index in [-0.39, 0.29) is 11.9 Å². The zero-order valence-corrected chi connectivity index (χ0v) is 20.2. The van der Waals surface area contributed by atoms with E-state index in [0.717, 1.165) is 5.57 Å². The van der Waals surface area contributed by atoms with Crippen LogP contribution in [0.25, 0.3) is 5.57 Å². The third-order valence-corrected chi connectivity index (χ3v) is 3.77. The van der Waals surface area contributed by atoms with Crippen molar-refractivity contribution < 1.29 is 23.8 Å². The van der Waals surface area contributed by atoms with Gasteiger partial charge in [-0.15, -0.1) is 10.2 Å². The molecule has 0 atom stereocenters. The van der Waals surface area contributed by atoms with Crippen molar-refractivity contribution in [2.45, 2.75) is 73.0 Å². The number of carbonyl (C=O) groups is 2. The number of anilines is 1. The molecule has 0 saturated heterocycles. The minimum Gasteiger partial charge on any atom is -0.494 e. The Hall–Kier alpha value is -2.84. The molecule has 0 spiro atoms. The smallest absolute Gasteiger partial charge is 0.413 e. The summed E-state index contributed by atoms with van der Waals surface area (Å²) in [4.78, 5) is 25.7. The van der Waals surface area contributed by atoms with Crippen LogP contribution in [0, 0.1) is 0 Å². The highest BCUT2D eigenvalue weighted by Crippen LogP contribution is 2.30. The van der Waals surface area contributed by atoms with Crippen LogP contribution in [0.4, 0.5) is 15.4 Å². The molecule has 0 saturated carbocycles. The van der Waals surface area contributed by atoms with Crippen LogP contribution in [0.3, 0.4) is 0 Å². The van der Waals surface area contributed by atoms with Crippen molar-refractivity contribution in [3.05, 3.63) is 17.8 Å². The lowest BCUT2D eigenvalue weighted by atomic mass is 10.0. The van der Waals surface area contributed by atoms with Gasteiger partial charge in [-0.05, 0) is 53.5 Å². The van der Waals surface area contributed by atoms with Gasteiger partial charge < -0.3 is 19.1 Å². The van der Waals surface area contributed by atoms with Gasteiger partial charge in [-0.25, -0.2) is 9.59 Å². The summed E-state index contributed by atoms with van der Waals surface area (Å²) in [6.07, 6.45) is 1.53. The number of nitrogens with one attached hydrogen (secondary N) is 1. The van der Waals surface area contributed by atoms with Gasteiger partial charge in [-0.3, -0.25) is 5.32 Å². The molecule has 0 fully saturated rings. The van der Waals surface area contributed by atoms with E-state index in [9.17, 15) is 9.59 Å². The van der Waals surface area contributed by atoms with Crippen molar-refractivity contribution in [2.75, 3.05) is 25.5 Å². The number of amides is 2. The van der Waals surface area contributed by atoms with Gasteiger partial charge in [0, 0.05) is 19.2 Å². The third-order valence-electron chi connectivity index (χ3n) is 3.77. The van der Waals surface area contributed by atoms with E-state index in [1.807, 2.05) is 40.7 Å². The summed E-state index contributed by atoms with van der Waals surface area (Å²) in [5.41, 5.74) is 0.338. The van der Waals surface area contributed by atoms with Crippen LogP contribution in [0.1, 0.15) is 67.5 Å². The zero-order chi connectivity index (χ0) is 23.8. The molecule has 0 bridgehead atoms. The van der Waals surface area contributed by atoms with Crippen molar-refractivity contribution in [1.82, 2.24) is 15.1 Å². The lowest BCUT2D eigenvalue weighted by molar-refractivity contribution is 0.0270. The Morgan fingerprint density at radius 1 is 1.03 bits per heavy atom. The van der Waals surface area contributed by atoms with Crippen molar-refractivity contribution in [2.24, 2.45) is 0 Å². The zero-order valence-electron chi connectivity index (χ0n) is 20.2. The van der Waals surface area contributed by atoms with Crippen molar-refractivity contribution >= 4 is 23.6 Å². The molecule has 1 aromatic heterocycles. The van der Waals surface area contributed by atoms with E-state index in [4.69, 9.17) is 14.2 Å². The molecule has 1 aliphatic heterocycles. The molecule has 0 aromatic carbocycles. The monoisotopic (exact) mass is 436 g/mol. The van der Waals surface area contributed by atoms with Gasteiger partial charge in [0.1, 0.15) is 22.6 Å². The number of hydrogen-bond donors (Lipinski definition) is 1. The maximum Gasteiger partial charge on any atom is 0.413 e. The van der Waals surface area contributed by atoms with Crippen LogP contribution >= 0.6 is 0 Å². The molecule has 9 heteroatoms. The molecule has 2 heterocycles. The molecule has 174 valence electrons. The van der Waals surface area contributed by atoms with Crippen molar-refractivity contribution in [3.8, 4) is 5.75 Å². The SMILES string of the molecule is CC.COc1cc(NC(=O)OC(C)(C)C)nnc1C1=CCN(C(=O)OC(C)(C)C)CC1. The number of hydrogen-bond acceptors (Lipinski definition) is 7. The predicted octanol–water partition coefficient (Wildman–Crippen LogP) is 4.88. The second-order valence-corrected chi connectivity index (χ2v) is 8.68. The van der Waals surface area contributed by atoms with Crippen molar-refractivity contribution in [1.29, 1.82) is 0 Å². The molecular weight excluding hydrogens is 400 g/mol. The second-order valence-electron chi connectivity index (χ2n) is 8.68. The fourth-order valence-electron chi connectivity index (χ4n) is 2.60. The number of ether oxygens (including phenoxy) is 3. The maximum atomic E-state index is 12.2. The lowest BCUT2D eigenvalue weighted by Gasteiger charge is -2.29. The summed E-state index contributed by atoms with van der Waals surface area (Å²) in [6.45, 7) is 15.8. The first-order valence-corrected chi connectivity index (χ1v) is 10.5. The molecule has 2 rings (SSSR count). The molecule has 0 unspecified atom stereocenters. The minimum atomic E-state index is -0.619. The fraction of sp³-hybridized carbons (Fsp3) is 0.636. The Morgan fingerprint density at radius 2 is 1.65 bits per heavy atom. The van der Waals surface area contributed by atoms with E-state index < -0.39 is 17.3 Å². The third kappa shape index (κ3) is 8.82. The largest absolute Gasteiger partial charge is 0.494 e. The van der Waals surface area contributed by atoms with E-state index in [2.05, 4.69) is 15.5 Å². The average molecular weight is 437 g/mol. The van der Waals surface area contributed by atoms with Crippen LogP contribution in [0.15, 0.2) is 12.1 Å². The topological polar surface area (TPSA) is 103 Å². The quantitative estimate of drug-likeness (QED) is 0.720. The summed E-state index contributed by atoms with van der Waals surface area (Å²) in [6, 6.07) is 1.59. The first-order chi connectivity index (χ1) is 14.4. The van der Waals surface area contributed by atoms with Crippen LogP contribution < -0.4 is 10.1 Å². The molecule has 0 radical (unpaired) electrons. The molecule has 31 heavy (non-hydrogen) atoms. The van der Waals surface area contributed by atoms with Gasteiger partial charge in [-0.1, -0.05) is 19.9 Å². The first kappa shape index (κ1) is 26.2. The van der Waals surface area contributed by atoms with Gasteiger partial charge in [0.15, 0.2) is 5.82 Å². The molecule has 2 amide bonds. The molecule has 1 aromatic rings. The molecule has 1 N–H and O–H groups in total. The highest BCUT2D eigenvalue weighted by molar-refractivity contribution is 5.84. The van der Waals surface area contributed by atoms with Gasteiger partial charge in [0.25, 0.3) is 0 Å². The summed E-state index contributed by atoms with van der Waals surface area (Å²) >= 11 is 0. The standard InChI is InChI=1S/C20H30N4O5.C2H6/c1-19(2,3)28-17(25)21-15-12-14(27-7)16(23-22-15)13-8-10-24(11-9-13)18(26)29-20(4,5)6;1-2/h8,12H,9-11H2,1-7H3,(H,21,22,25);1-2H3. The summed E-state index contributed by atoms with van der Waals surface area (Å²) < 4.78 is 16.0. The summed E-state index contributed by atoms with van der Waals surface area (Å²) in [5.74, 6) is 0.703. The number of nitrogens with zero attached hydrogens (tertiary/aromatic N) is 3.